The number of nitrogen functional groups attached to an aromatic ring is 1. The van der Waals surface area contributed by atoms with Crippen molar-refractivity contribution in [1.29, 1.82) is 0 Å². The number of rotatable bonds is 4. The number of nitrogens with two attached hydrogens (primary N) is 1. The van der Waals surface area contributed by atoms with E-state index in [0.29, 0.717) is 18.0 Å². The molecule has 1 aliphatic rings. The van der Waals surface area contributed by atoms with Crippen molar-refractivity contribution in [2.24, 2.45) is 0 Å². The molecule has 0 radical (unpaired) electrons. The molecule has 0 unspecified atom stereocenters. The van der Waals surface area contributed by atoms with E-state index in [1.165, 1.54) is 10.9 Å². The summed E-state index contributed by atoms with van der Waals surface area (Å²) in [5.74, 6) is 1.41. The monoisotopic (exact) mass is 288 g/mol. The topological polar surface area (TPSA) is 82.6 Å². The van der Waals surface area contributed by atoms with Gasteiger partial charge in [-0.1, -0.05) is 6.07 Å². The van der Waals surface area contributed by atoms with Crippen molar-refractivity contribution in [3.05, 3.63) is 36.2 Å². The Morgan fingerprint density at radius 3 is 3.00 bits per heavy atom. The van der Waals surface area contributed by atoms with Gasteiger partial charge >= 0.3 is 0 Å². The molecule has 21 heavy (non-hydrogen) atoms. The minimum absolute atomic E-state index is 0.0456. The van der Waals surface area contributed by atoms with Gasteiger partial charge < -0.3 is 20.1 Å². The van der Waals surface area contributed by atoms with E-state index in [4.69, 9.17) is 15.2 Å². The third-order valence-corrected chi connectivity index (χ3v) is 3.23. The van der Waals surface area contributed by atoms with E-state index >= 15 is 0 Å². The van der Waals surface area contributed by atoms with Crippen molar-refractivity contribution in [2.75, 3.05) is 19.6 Å². The van der Waals surface area contributed by atoms with Gasteiger partial charge in [-0.3, -0.25) is 9.48 Å². The second-order valence-corrected chi connectivity index (χ2v) is 4.91. The number of hydrogen-bond acceptors (Lipinski definition) is 5. The Bertz CT molecular complexity index is 668. The van der Waals surface area contributed by atoms with Crippen LogP contribution < -0.4 is 15.2 Å². The third kappa shape index (κ3) is 2.91. The number of amides is 1. The average Bonchev–Trinajstić information content (AvgIpc) is 3.07. The second-order valence-electron chi connectivity index (χ2n) is 4.91. The molecule has 7 heteroatoms. The minimum Gasteiger partial charge on any atom is -0.454 e. The Balaban J connectivity index is 1.62. The summed E-state index contributed by atoms with van der Waals surface area (Å²) >= 11 is 0. The van der Waals surface area contributed by atoms with Crippen LogP contribution in [0.15, 0.2) is 30.6 Å². The van der Waals surface area contributed by atoms with E-state index in [1.807, 2.05) is 18.2 Å². The van der Waals surface area contributed by atoms with Crippen molar-refractivity contribution in [1.82, 2.24) is 14.7 Å². The molecule has 0 atom stereocenters. The van der Waals surface area contributed by atoms with Crippen molar-refractivity contribution >= 4 is 11.6 Å². The number of nitrogens with zero attached hydrogens (tertiary/aromatic N) is 3. The van der Waals surface area contributed by atoms with Crippen LogP contribution in [0.5, 0.6) is 11.5 Å². The van der Waals surface area contributed by atoms with Crippen LogP contribution in [0.2, 0.25) is 0 Å². The van der Waals surface area contributed by atoms with Crippen LogP contribution in [-0.2, 0) is 17.9 Å². The molecular weight excluding hydrogens is 272 g/mol. The fourth-order valence-corrected chi connectivity index (χ4v) is 2.13. The highest BCUT2D eigenvalue weighted by Gasteiger charge is 2.15. The van der Waals surface area contributed by atoms with Gasteiger partial charge in [-0.15, -0.1) is 0 Å². The summed E-state index contributed by atoms with van der Waals surface area (Å²) in [6, 6.07) is 5.66. The molecule has 1 amide bonds. The summed E-state index contributed by atoms with van der Waals surface area (Å²) in [7, 11) is 1.75. The molecule has 0 saturated heterocycles. The molecule has 1 aliphatic heterocycles. The summed E-state index contributed by atoms with van der Waals surface area (Å²) in [5, 5.41) is 4.00. The zero-order valence-electron chi connectivity index (χ0n) is 11.7. The normalized spacial score (nSPS) is 12.4. The van der Waals surface area contributed by atoms with Gasteiger partial charge in [0.05, 0.1) is 11.9 Å². The van der Waals surface area contributed by atoms with E-state index in [2.05, 4.69) is 5.10 Å². The average molecular weight is 288 g/mol. The summed E-state index contributed by atoms with van der Waals surface area (Å²) in [6.07, 6.45) is 3.15. The van der Waals surface area contributed by atoms with Gasteiger partial charge in [0.1, 0.15) is 6.54 Å². The highest BCUT2D eigenvalue weighted by Crippen LogP contribution is 2.32. The number of anilines is 1. The first-order chi connectivity index (χ1) is 10.1. The molecule has 1 aromatic heterocycles. The van der Waals surface area contributed by atoms with Crippen LogP contribution in [0.1, 0.15) is 5.56 Å². The lowest BCUT2D eigenvalue weighted by Crippen LogP contribution is -2.29. The van der Waals surface area contributed by atoms with Gasteiger partial charge in [0, 0.05) is 19.8 Å². The highest BCUT2D eigenvalue weighted by atomic mass is 16.7. The Kier molecular flexibility index (Phi) is 3.39. The molecule has 0 bridgehead atoms. The van der Waals surface area contributed by atoms with Crippen molar-refractivity contribution < 1.29 is 14.3 Å². The van der Waals surface area contributed by atoms with Gasteiger partial charge in [-0.05, 0) is 17.7 Å². The van der Waals surface area contributed by atoms with Crippen molar-refractivity contribution in [2.45, 2.75) is 13.1 Å². The molecule has 3 rings (SSSR count). The first-order valence-electron chi connectivity index (χ1n) is 6.52. The van der Waals surface area contributed by atoms with Crippen LogP contribution in [0, 0.1) is 0 Å². The quantitative estimate of drug-likeness (QED) is 0.902. The van der Waals surface area contributed by atoms with Crippen LogP contribution in [0.25, 0.3) is 0 Å². The van der Waals surface area contributed by atoms with E-state index in [-0.39, 0.29) is 19.2 Å². The number of benzene rings is 1. The molecule has 0 spiro atoms. The SMILES string of the molecule is CN(Cc1ccc2c(c1)OCO2)C(=O)Cn1cc(N)cn1. The number of carbonyl (C=O) groups excluding carboxylic acids is 1. The fourth-order valence-electron chi connectivity index (χ4n) is 2.13. The molecule has 0 saturated carbocycles. The molecule has 7 nitrogen and oxygen atoms in total. The number of ether oxygens (including phenoxy) is 2. The predicted octanol–water partition coefficient (Wildman–Crippen LogP) is 0.853. The lowest BCUT2D eigenvalue weighted by Gasteiger charge is -2.17. The zero-order chi connectivity index (χ0) is 14.8. The standard InChI is InChI=1S/C14H16N4O3/c1-17(14(19)8-18-7-11(15)5-16-18)6-10-2-3-12-13(4-10)21-9-20-12/h2-5,7H,6,8-9,15H2,1H3. The molecule has 0 aliphatic carbocycles. The lowest BCUT2D eigenvalue weighted by molar-refractivity contribution is -0.131. The third-order valence-electron chi connectivity index (χ3n) is 3.23. The summed E-state index contributed by atoms with van der Waals surface area (Å²) in [6.45, 7) is 0.902. The molecule has 2 aromatic rings. The molecule has 110 valence electrons. The number of likely N-dealkylation sites (N-methyl/N-ethyl adjacent to an activating group) is 1. The zero-order valence-corrected chi connectivity index (χ0v) is 11.7. The van der Waals surface area contributed by atoms with E-state index in [1.54, 1.807) is 18.1 Å². The Morgan fingerprint density at radius 1 is 1.43 bits per heavy atom. The molecule has 0 fully saturated rings. The van der Waals surface area contributed by atoms with E-state index < -0.39 is 0 Å². The van der Waals surface area contributed by atoms with Gasteiger partial charge in [-0.2, -0.15) is 5.10 Å². The fraction of sp³-hybridized carbons (Fsp3) is 0.286. The molecular formula is C14H16N4O3. The maximum absolute atomic E-state index is 12.1. The molecule has 2 N–H and O–H groups in total. The highest BCUT2D eigenvalue weighted by molar-refractivity contribution is 5.75. The summed E-state index contributed by atoms with van der Waals surface area (Å²) < 4.78 is 12.1. The second kappa shape index (κ2) is 5.35. The largest absolute Gasteiger partial charge is 0.454 e. The number of hydrogen-bond donors (Lipinski definition) is 1. The first-order valence-corrected chi connectivity index (χ1v) is 6.52. The van der Waals surface area contributed by atoms with Crippen LogP contribution in [0.4, 0.5) is 5.69 Å². The molecule has 1 aromatic carbocycles. The van der Waals surface area contributed by atoms with Gasteiger partial charge in [0.25, 0.3) is 0 Å². The van der Waals surface area contributed by atoms with Crippen LogP contribution >= 0.6 is 0 Å². The maximum atomic E-state index is 12.1. The van der Waals surface area contributed by atoms with Gasteiger partial charge in [0.15, 0.2) is 11.5 Å². The Labute approximate surface area is 121 Å². The first kappa shape index (κ1) is 13.3. The summed E-state index contributed by atoms with van der Waals surface area (Å²) in [4.78, 5) is 13.8. The van der Waals surface area contributed by atoms with Crippen molar-refractivity contribution in [3.63, 3.8) is 0 Å². The minimum atomic E-state index is -0.0456. The van der Waals surface area contributed by atoms with Gasteiger partial charge in [0.2, 0.25) is 12.7 Å². The van der Waals surface area contributed by atoms with Gasteiger partial charge in [-0.25, -0.2) is 0 Å². The number of fused-ring (bicyclic) bond motifs is 1. The predicted molar refractivity (Wildman–Crippen MR) is 75.7 cm³/mol. The lowest BCUT2D eigenvalue weighted by atomic mass is 10.2. The Hall–Kier alpha value is -2.70. The van der Waals surface area contributed by atoms with E-state index in [9.17, 15) is 4.79 Å². The summed E-state index contributed by atoms with van der Waals surface area (Å²) in [5.41, 5.74) is 7.10. The smallest absolute Gasteiger partial charge is 0.244 e. The number of carbonyl (C=O) groups is 1. The van der Waals surface area contributed by atoms with Crippen LogP contribution in [0.3, 0.4) is 0 Å². The molecule has 2 heterocycles. The van der Waals surface area contributed by atoms with Crippen molar-refractivity contribution in [3.8, 4) is 11.5 Å². The van der Waals surface area contributed by atoms with E-state index in [0.717, 1.165) is 11.3 Å². The number of aromatic nitrogens is 2. The maximum Gasteiger partial charge on any atom is 0.244 e. The Morgan fingerprint density at radius 2 is 2.24 bits per heavy atom. The van der Waals surface area contributed by atoms with Crippen LogP contribution in [-0.4, -0.2) is 34.4 Å².